The van der Waals surface area contributed by atoms with Gasteiger partial charge in [0, 0.05) is 6.92 Å². The van der Waals surface area contributed by atoms with Crippen molar-refractivity contribution in [1.29, 1.82) is 0 Å². The van der Waals surface area contributed by atoms with Crippen LogP contribution in [0.4, 0.5) is 0 Å². The van der Waals surface area contributed by atoms with E-state index in [9.17, 15) is 14.4 Å². The highest BCUT2D eigenvalue weighted by Crippen LogP contribution is 1.97. The molecule has 0 aromatic rings. The molecule has 0 aromatic carbocycles. The average molecular weight is 160 g/mol. The molecule has 0 aliphatic rings. The molecule has 5 heteroatoms. The van der Waals surface area contributed by atoms with Crippen LogP contribution in [0.1, 0.15) is 13.8 Å². The van der Waals surface area contributed by atoms with Crippen LogP contribution in [0.25, 0.3) is 0 Å². The van der Waals surface area contributed by atoms with Gasteiger partial charge in [0.1, 0.15) is 0 Å². The Hall–Kier alpha value is -1.39. The van der Waals surface area contributed by atoms with Gasteiger partial charge in [-0.3, -0.25) is 14.4 Å². The third-order valence-corrected chi connectivity index (χ3v) is 0.968. The van der Waals surface area contributed by atoms with E-state index in [2.05, 4.69) is 4.74 Å². The molecule has 62 valence electrons. The van der Waals surface area contributed by atoms with Crippen LogP contribution in [-0.2, 0) is 19.1 Å². The third-order valence-electron chi connectivity index (χ3n) is 0.968. The van der Waals surface area contributed by atoms with Gasteiger partial charge in [0.05, 0.1) is 0 Å². The molecular formula is C6H8O5. The van der Waals surface area contributed by atoms with Crippen LogP contribution in [0, 0.1) is 5.92 Å². The summed E-state index contributed by atoms with van der Waals surface area (Å²) >= 11 is 0. The molecule has 0 aromatic heterocycles. The van der Waals surface area contributed by atoms with Crippen molar-refractivity contribution in [2.75, 3.05) is 0 Å². The molecule has 0 bridgehead atoms. The number of hydrogen-bond acceptors (Lipinski definition) is 4. The summed E-state index contributed by atoms with van der Waals surface area (Å²) in [5.41, 5.74) is 0. The van der Waals surface area contributed by atoms with Crippen LogP contribution >= 0.6 is 0 Å². The normalized spacial score (nSPS) is 11.8. The summed E-state index contributed by atoms with van der Waals surface area (Å²) in [6.45, 7) is 2.18. The van der Waals surface area contributed by atoms with Crippen molar-refractivity contribution in [1.82, 2.24) is 0 Å². The first-order valence-electron chi connectivity index (χ1n) is 2.90. The van der Waals surface area contributed by atoms with E-state index in [0.29, 0.717) is 0 Å². The summed E-state index contributed by atoms with van der Waals surface area (Å²) in [5.74, 6) is -4.44. The lowest BCUT2D eigenvalue weighted by Crippen LogP contribution is -2.24. The molecule has 1 atom stereocenters. The molecule has 0 fully saturated rings. The molecule has 0 aliphatic carbocycles. The summed E-state index contributed by atoms with van der Waals surface area (Å²) in [7, 11) is 0. The smallest absolute Gasteiger partial charge is 0.327 e. The first-order chi connectivity index (χ1) is 4.95. The number of carboxylic acids is 1. The van der Waals surface area contributed by atoms with Gasteiger partial charge in [0.25, 0.3) is 0 Å². The van der Waals surface area contributed by atoms with Crippen molar-refractivity contribution in [2.45, 2.75) is 13.8 Å². The molecule has 0 heterocycles. The zero-order valence-corrected chi connectivity index (χ0v) is 6.16. The minimum Gasteiger partial charge on any atom is -0.481 e. The van der Waals surface area contributed by atoms with E-state index in [1.807, 2.05) is 0 Å². The first kappa shape index (κ1) is 9.61. The maximum Gasteiger partial charge on any atom is 0.327 e. The van der Waals surface area contributed by atoms with Crippen molar-refractivity contribution >= 4 is 17.9 Å². The summed E-state index contributed by atoms with van der Waals surface area (Å²) in [4.78, 5) is 30.8. The van der Waals surface area contributed by atoms with Crippen LogP contribution in [0.2, 0.25) is 0 Å². The molecule has 0 radical (unpaired) electrons. The number of esters is 2. The van der Waals surface area contributed by atoms with Gasteiger partial charge in [-0.25, -0.2) is 0 Å². The molecule has 0 amide bonds. The lowest BCUT2D eigenvalue weighted by Gasteiger charge is -2.02. The Balaban J connectivity index is 4.04. The van der Waals surface area contributed by atoms with Crippen LogP contribution in [0.15, 0.2) is 0 Å². The maximum atomic E-state index is 10.6. The Morgan fingerprint density at radius 3 is 2.09 bits per heavy atom. The van der Waals surface area contributed by atoms with Gasteiger partial charge in [-0.1, -0.05) is 0 Å². The van der Waals surface area contributed by atoms with Crippen LogP contribution < -0.4 is 0 Å². The molecule has 0 rings (SSSR count). The number of carboxylic acid groups (broad SMARTS) is 1. The molecular weight excluding hydrogens is 152 g/mol. The minimum atomic E-state index is -1.31. The van der Waals surface area contributed by atoms with Crippen LogP contribution in [0.3, 0.4) is 0 Å². The van der Waals surface area contributed by atoms with Gasteiger partial charge >= 0.3 is 17.9 Å². The third kappa shape index (κ3) is 3.34. The summed E-state index contributed by atoms with van der Waals surface area (Å²) in [6.07, 6.45) is 0. The minimum absolute atomic E-state index is 0.803. The predicted molar refractivity (Wildman–Crippen MR) is 33.6 cm³/mol. The highest BCUT2D eigenvalue weighted by molar-refractivity contribution is 5.97. The molecule has 0 saturated carbocycles. The lowest BCUT2D eigenvalue weighted by molar-refractivity contribution is -0.164. The van der Waals surface area contributed by atoms with Crippen LogP contribution in [0.5, 0.6) is 0 Å². The van der Waals surface area contributed by atoms with E-state index in [0.717, 1.165) is 13.8 Å². The molecule has 1 N–H and O–H groups in total. The molecule has 5 nitrogen and oxygen atoms in total. The van der Waals surface area contributed by atoms with Crippen molar-refractivity contribution in [3.8, 4) is 0 Å². The largest absolute Gasteiger partial charge is 0.481 e. The fourth-order valence-corrected chi connectivity index (χ4v) is 0.331. The van der Waals surface area contributed by atoms with Gasteiger partial charge in [-0.05, 0) is 6.92 Å². The van der Waals surface area contributed by atoms with Crippen LogP contribution in [-0.4, -0.2) is 23.0 Å². The highest BCUT2D eigenvalue weighted by atomic mass is 16.6. The molecule has 0 spiro atoms. The maximum absolute atomic E-state index is 10.6. The van der Waals surface area contributed by atoms with Gasteiger partial charge in [0.2, 0.25) is 0 Å². The Bertz CT molecular complexity index is 195. The van der Waals surface area contributed by atoms with Gasteiger partial charge in [0.15, 0.2) is 5.92 Å². The average Bonchev–Trinajstić information content (AvgIpc) is 1.84. The lowest BCUT2D eigenvalue weighted by atomic mass is 10.2. The Morgan fingerprint density at radius 1 is 1.36 bits per heavy atom. The summed E-state index contributed by atoms with van der Waals surface area (Å²) in [6, 6.07) is 0. The topological polar surface area (TPSA) is 80.7 Å². The Morgan fingerprint density at radius 2 is 1.82 bits per heavy atom. The molecule has 11 heavy (non-hydrogen) atoms. The number of carbonyl (C=O) groups is 3. The van der Waals surface area contributed by atoms with E-state index in [4.69, 9.17) is 5.11 Å². The zero-order chi connectivity index (χ0) is 9.02. The number of ether oxygens (including phenoxy) is 1. The van der Waals surface area contributed by atoms with Gasteiger partial charge in [-0.2, -0.15) is 0 Å². The van der Waals surface area contributed by atoms with E-state index in [1.54, 1.807) is 0 Å². The van der Waals surface area contributed by atoms with Crippen molar-refractivity contribution < 1.29 is 24.2 Å². The van der Waals surface area contributed by atoms with Gasteiger partial charge in [-0.15, -0.1) is 0 Å². The zero-order valence-electron chi connectivity index (χ0n) is 6.16. The summed E-state index contributed by atoms with van der Waals surface area (Å²) in [5, 5.41) is 8.25. The standard InChI is InChI=1S/C6H8O5/c1-3(5(8)9)6(10)11-4(2)7/h3H,1-2H3,(H,8,9). The second-order valence-electron chi connectivity index (χ2n) is 1.97. The van der Waals surface area contributed by atoms with E-state index in [1.165, 1.54) is 0 Å². The van der Waals surface area contributed by atoms with E-state index in [-0.39, 0.29) is 0 Å². The quantitative estimate of drug-likeness (QED) is 0.446. The SMILES string of the molecule is CC(=O)OC(=O)C(C)C(=O)O. The summed E-state index contributed by atoms with van der Waals surface area (Å²) < 4.78 is 4.01. The van der Waals surface area contributed by atoms with Gasteiger partial charge < -0.3 is 9.84 Å². The number of rotatable bonds is 2. The van der Waals surface area contributed by atoms with E-state index >= 15 is 0 Å². The molecule has 1 unspecified atom stereocenters. The predicted octanol–water partition coefficient (Wildman–Crippen LogP) is -0.203. The number of aliphatic carboxylic acids is 1. The second kappa shape index (κ2) is 3.70. The molecule has 0 aliphatic heterocycles. The van der Waals surface area contributed by atoms with Crippen molar-refractivity contribution in [2.24, 2.45) is 5.92 Å². The fraction of sp³-hybridized carbons (Fsp3) is 0.500. The second-order valence-corrected chi connectivity index (χ2v) is 1.97. The first-order valence-corrected chi connectivity index (χ1v) is 2.90. The van der Waals surface area contributed by atoms with Crippen molar-refractivity contribution in [3.63, 3.8) is 0 Å². The monoisotopic (exact) mass is 160 g/mol. The highest BCUT2D eigenvalue weighted by Gasteiger charge is 2.23. The Labute approximate surface area is 63.0 Å². The van der Waals surface area contributed by atoms with E-state index < -0.39 is 23.8 Å². The number of hydrogen-bond donors (Lipinski definition) is 1. The number of carbonyl (C=O) groups excluding carboxylic acids is 2. The Kier molecular flexibility index (Phi) is 3.23. The molecule has 0 saturated heterocycles. The fourth-order valence-electron chi connectivity index (χ4n) is 0.331. The van der Waals surface area contributed by atoms with Crippen molar-refractivity contribution in [3.05, 3.63) is 0 Å².